The molecule has 0 bridgehead atoms. The van der Waals surface area contributed by atoms with Crippen LogP contribution in [0.4, 0.5) is 5.82 Å². The van der Waals surface area contributed by atoms with Crippen LogP contribution in [0.5, 0.6) is 0 Å². The molecule has 5 heterocycles. The molecule has 10 heteroatoms. The molecule has 1 saturated heterocycles. The predicted octanol–water partition coefficient (Wildman–Crippen LogP) is 1.29. The maximum Gasteiger partial charge on any atom is 0.267 e. The molecular weight excluding hydrogens is 390 g/mol. The number of ether oxygens (including phenoxy) is 1. The minimum atomic E-state index is -0.0150. The fourth-order valence-corrected chi connectivity index (χ4v) is 5.13. The molecule has 0 amide bonds. The van der Waals surface area contributed by atoms with Gasteiger partial charge in [0.2, 0.25) is 0 Å². The van der Waals surface area contributed by atoms with E-state index in [2.05, 4.69) is 20.0 Å². The van der Waals surface area contributed by atoms with E-state index in [-0.39, 0.29) is 11.6 Å². The lowest BCUT2D eigenvalue weighted by Crippen LogP contribution is -2.38. The Morgan fingerprint density at radius 3 is 3.17 bits per heavy atom. The molecule has 0 spiro atoms. The van der Waals surface area contributed by atoms with Gasteiger partial charge in [0.25, 0.3) is 11.3 Å². The average molecular weight is 414 g/mol. The minimum Gasteiger partial charge on any atom is -0.378 e. The Morgan fingerprint density at radius 1 is 1.34 bits per heavy atom. The Morgan fingerprint density at radius 2 is 2.28 bits per heavy atom. The molecule has 2 aliphatic rings. The second-order valence-corrected chi connectivity index (χ2v) is 8.54. The van der Waals surface area contributed by atoms with Gasteiger partial charge in [0.15, 0.2) is 0 Å². The molecule has 3 aromatic rings. The van der Waals surface area contributed by atoms with Crippen molar-refractivity contribution < 1.29 is 4.74 Å². The minimum absolute atomic E-state index is 0.0150. The molecule has 1 unspecified atom stereocenters. The molecule has 3 aromatic heterocycles. The second-order valence-electron chi connectivity index (χ2n) is 7.44. The Balaban J connectivity index is 1.48. The highest BCUT2D eigenvalue weighted by Crippen LogP contribution is 2.27. The van der Waals surface area contributed by atoms with Crippen LogP contribution in [0.25, 0.3) is 5.78 Å². The van der Waals surface area contributed by atoms with Gasteiger partial charge in [0.05, 0.1) is 30.6 Å². The van der Waals surface area contributed by atoms with Gasteiger partial charge >= 0.3 is 0 Å². The summed E-state index contributed by atoms with van der Waals surface area (Å²) >= 11 is 1.86. The van der Waals surface area contributed by atoms with Crippen molar-refractivity contribution in [3.05, 3.63) is 45.8 Å². The number of thioether (sulfide) groups is 1. The molecule has 1 atom stereocenters. The summed E-state index contributed by atoms with van der Waals surface area (Å²) in [6.07, 6.45) is 4.50. The number of aryl methyl sites for hydroxylation is 1. The van der Waals surface area contributed by atoms with Crippen molar-refractivity contribution >= 4 is 23.4 Å². The van der Waals surface area contributed by atoms with Crippen molar-refractivity contribution in [3.8, 4) is 0 Å². The summed E-state index contributed by atoms with van der Waals surface area (Å²) in [6, 6.07) is 3.94. The Hall–Kier alpha value is -2.46. The van der Waals surface area contributed by atoms with Crippen LogP contribution in [0.15, 0.2) is 23.3 Å². The van der Waals surface area contributed by atoms with Crippen molar-refractivity contribution in [2.45, 2.75) is 44.2 Å². The number of hydrogen-bond acceptors (Lipinski definition) is 8. The van der Waals surface area contributed by atoms with Crippen LogP contribution in [0.3, 0.4) is 0 Å². The van der Waals surface area contributed by atoms with Crippen LogP contribution < -0.4 is 10.5 Å². The normalized spacial score (nSPS) is 19.1. The summed E-state index contributed by atoms with van der Waals surface area (Å²) in [6.45, 7) is 1.88. The van der Waals surface area contributed by atoms with E-state index in [0.29, 0.717) is 18.9 Å². The Kier molecular flexibility index (Phi) is 4.96. The highest BCUT2D eigenvalue weighted by atomic mass is 32.2. The fourth-order valence-electron chi connectivity index (χ4n) is 4.18. The molecule has 0 aromatic carbocycles. The molecule has 152 valence electrons. The zero-order chi connectivity index (χ0) is 19.8. The van der Waals surface area contributed by atoms with Gasteiger partial charge in [-0.3, -0.25) is 4.79 Å². The van der Waals surface area contributed by atoms with E-state index in [1.807, 2.05) is 17.8 Å². The smallest absolute Gasteiger partial charge is 0.267 e. The van der Waals surface area contributed by atoms with Gasteiger partial charge in [-0.1, -0.05) is 0 Å². The number of hydrogen-bond donors (Lipinski definition) is 0. The molecular formula is C19H23N7O2S. The number of aromatic nitrogens is 6. The average Bonchev–Trinajstić information content (AvgIpc) is 3.37. The molecule has 0 aliphatic carbocycles. The number of fused-ring (bicyclic) bond motifs is 2. The number of nitrogens with zero attached hydrogens (tertiary/aromatic N) is 7. The molecule has 9 nitrogen and oxygen atoms in total. The van der Waals surface area contributed by atoms with E-state index < -0.39 is 0 Å². The Labute approximate surface area is 172 Å². The van der Waals surface area contributed by atoms with Crippen LogP contribution >= 0.6 is 11.8 Å². The molecule has 0 N–H and O–H groups in total. The van der Waals surface area contributed by atoms with Gasteiger partial charge in [-0.25, -0.2) is 9.67 Å². The summed E-state index contributed by atoms with van der Waals surface area (Å²) in [5.41, 5.74) is 2.96. The lowest BCUT2D eigenvalue weighted by Gasteiger charge is -2.27. The van der Waals surface area contributed by atoms with E-state index in [4.69, 9.17) is 9.84 Å². The maximum atomic E-state index is 12.7. The highest BCUT2D eigenvalue weighted by molar-refractivity contribution is 7.98. The van der Waals surface area contributed by atoms with Crippen LogP contribution in [0, 0.1) is 0 Å². The van der Waals surface area contributed by atoms with Gasteiger partial charge in [-0.2, -0.15) is 31.5 Å². The van der Waals surface area contributed by atoms with E-state index in [1.54, 1.807) is 22.4 Å². The monoisotopic (exact) mass is 413 g/mol. The maximum absolute atomic E-state index is 12.7. The van der Waals surface area contributed by atoms with Gasteiger partial charge < -0.3 is 9.64 Å². The lowest BCUT2D eigenvalue weighted by molar-refractivity contribution is 0.181. The third-order valence-corrected chi connectivity index (χ3v) is 6.55. The second kappa shape index (κ2) is 7.75. The highest BCUT2D eigenvalue weighted by Gasteiger charge is 2.29. The summed E-state index contributed by atoms with van der Waals surface area (Å²) < 4.78 is 8.67. The van der Waals surface area contributed by atoms with Gasteiger partial charge in [0.1, 0.15) is 12.1 Å². The van der Waals surface area contributed by atoms with E-state index in [9.17, 15) is 4.79 Å². The van der Waals surface area contributed by atoms with Gasteiger partial charge in [-0.05, 0) is 24.2 Å². The van der Waals surface area contributed by atoms with Crippen LogP contribution in [0.2, 0.25) is 0 Å². The molecule has 5 rings (SSSR count). The summed E-state index contributed by atoms with van der Waals surface area (Å²) in [7, 11) is 1.65. The topological polar surface area (TPSA) is 90.4 Å². The number of anilines is 1. The first-order valence-electron chi connectivity index (χ1n) is 9.86. The summed E-state index contributed by atoms with van der Waals surface area (Å²) in [5, 5.41) is 9.06. The van der Waals surface area contributed by atoms with Crippen molar-refractivity contribution in [2.24, 2.45) is 0 Å². The molecule has 29 heavy (non-hydrogen) atoms. The zero-order valence-corrected chi connectivity index (χ0v) is 17.1. The first-order chi connectivity index (χ1) is 14.2. The fraction of sp³-hybridized carbons (Fsp3) is 0.526. The first-order valence-corrected chi connectivity index (χ1v) is 11.0. The van der Waals surface area contributed by atoms with E-state index >= 15 is 0 Å². The third-order valence-electron chi connectivity index (χ3n) is 5.54. The van der Waals surface area contributed by atoms with Gasteiger partial charge in [-0.15, -0.1) is 0 Å². The quantitative estimate of drug-likeness (QED) is 0.618. The third kappa shape index (κ3) is 3.51. The lowest BCUT2D eigenvalue weighted by atomic mass is 10.2. The predicted molar refractivity (Wildman–Crippen MR) is 110 cm³/mol. The summed E-state index contributed by atoms with van der Waals surface area (Å²) in [4.78, 5) is 23.7. The molecule has 0 radical (unpaired) electrons. The van der Waals surface area contributed by atoms with Crippen LogP contribution in [0.1, 0.15) is 29.8 Å². The molecule has 0 saturated carbocycles. The molecule has 1 fully saturated rings. The SMILES string of the molecule is COCc1cc(N2CCCC2Cn2nc3c(cc2=O)CSCC3)n2ncnc2n1. The van der Waals surface area contributed by atoms with E-state index in [0.717, 1.165) is 60.1 Å². The molecule has 2 aliphatic heterocycles. The standard InChI is InChI=1S/C19H23N7O2S/c1-28-10-14-8-17(26-19(22-14)20-12-21-26)24-5-2-3-15(24)9-25-18(27)7-13-11-29-6-4-16(13)23-25/h7-8,12,15H,2-6,9-11H2,1H3. The number of rotatable bonds is 5. The first kappa shape index (κ1) is 18.6. The Bertz CT molecular complexity index is 1100. The van der Waals surface area contributed by atoms with Gasteiger partial charge in [0, 0.05) is 38.0 Å². The number of methoxy groups -OCH3 is 1. The zero-order valence-electron chi connectivity index (χ0n) is 16.3. The van der Waals surface area contributed by atoms with Crippen LogP contribution in [-0.4, -0.2) is 54.8 Å². The van der Waals surface area contributed by atoms with Crippen molar-refractivity contribution in [1.29, 1.82) is 0 Å². The summed E-state index contributed by atoms with van der Waals surface area (Å²) in [5.74, 6) is 3.45. The largest absolute Gasteiger partial charge is 0.378 e. The van der Waals surface area contributed by atoms with E-state index in [1.165, 1.54) is 6.33 Å². The van der Waals surface area contributed by atoms with Crippen molar-refractivity contribution in [3.63, 3.8) is 0 Å². The van der Waals surface area contributed by atoms with Crippen molar-refractivity contribution in [2.75, 3.05) is 24.3 Å². The van der Waals surface area contributed by atoms with Crippen LogP contribution in [-0.2, 0) is 30.1 Å². The van der Waals surface area contributed by atoms with Crippen molar-refractivity contribution in [1.82, 2.24) is 29.4 Å².